The Morgan fingerprint density at radius 2 is 2.06 bits per heavy atom. The number of nitrogens with one attached hydrogen (secondary N) is 1. The minimum Gasteiger partial charge on any atom is -0.507 e. The molecular formula is C11H13BrN2O3. The average Bonchev–Trinajstić information content (AvgIpc) is 2.28. The number of hydrogen-bond donors (Lipinski definition) is 2. The zero-order valence-electron chi connectivity index (χ0n) is 9.53. The summed E-state index contributed by atoms with van der Waals surface area (Å²) in [6, 6.07) is 4.46. The van der Waals surface area contributed by atoms with Gasteiger partial charge in [0.15, 0.2) is 0 Å². The molecule has 1 aromatic rings. The molecule has 17 heavy (non-hydrogen) atoms. The van der Waals surface area contributed by atoms with Gasteiger partial charge >= 0.3 is 0 Å². The second-order valence-electron chi connectivity index (χ2n) is 3.64. The topological polar surface area (TPSA) is 69.6 Å². The number of phenols is 1. The summed E-state index contributed by atoms with van der Waals surface area (Å²) < 4.78 is 0.512. The van der Waals surface area contributed by atoms with Crippen LogP contribution in [-0.4, -0.2) is 42.5 Å². The van der Waals surface area contributed by atoms with E-state index in [9.17, 15) is 14.7 Å². The lowest BCUT2D eigenvalue weighted by atomic mass is 10.2. The second-order valence-corrected chi connectivity index (χ2v) is 4.49. The van der Waals surface area contributed by atoms with Crippen molar-refractivity contribution in [3.8, 4) is 5.75 Å². The van der Waals surface area contributed by atoms with Crippen molar-refractivity contribution in [2.24, 2.45) is 0 Å². The Morgan fingerprint density at radius 3 is 2.59 bits per heavy atom. The molecule has 92 valence electrons. The van der Waals surface area contributed by atoms with Gasteiger partial charge in [0.25, 0.3) is 5.91 Å². The fourth-order valence-corrected chi connectivity index (χ4v) is 1.32. The van der Waals surface area contributed by atoms with Gasteiger partial charge in [-0.2, -0.15) is 0 Å². The predicted molar refractivity (Wildman–Crippen MR) is 66.8 cm³/mol. The van der Waals surface area contributed by atoms with Crippen LogP contribution >= 0.6 is 15.9 Å². The minimum absolute atomic E-state index is 0.0170. The lowest BCUT2D eigenvalue weighted by Gasteiger charge is -2.11. The molecule has 0 aliphatic rings. The summed E-state index contributed by atoms with van der Waals surface area (Å²) in [4.78, 5) is 24.3. The van der Waals surface area contributed by atoms with Crippen LogP contribution in [0.3, 0.4) is 0 Å². The van der Waals surface area contributed by atoms with Gasteiger partial charge < -0.3 is 15.3 Å². The lowest BCUT2D eigenvalue weighted by molar-refractivity contribution is -0.127. The third kappa shape index (κ3) is 3.74. The number of halogens is 1. The molecule has 0 spiro atoms. The van der Waals surface area contributed by atoms with Gasteiger partial charge in [-0.25, -0.2) is 0 Å². The highest BCUT2D eigenvalue weighted by atomic mass is 79.9. The highest BCUT2D eigenvalue weighted by Gasteiger charge is 2.10. The van der Waals surface area contributed by atoms with Gasteiger partial charge in [-0.3, -0.25) is 9.59 Å². The van der Waals surface area contributed by atoms with Gasteiger partial charge in [-0.15, -0.1) is 0 Å². The zero-order valence-corrected chi connectivity index (χ0v) is 11.1. The molecule has 0 saturated heterocycles. The summed E-state index contributed by atoms with van der Waals surface area (Å²) in [5, 5.41) is 11.9. The first kappa shape index (κ1) is 13.5. The third-order valence-electron chi connectivity index (χ3n) is 2.11. The van der Waals surface area contributed by atoms with E-state index in [1.54, 1.807) is 26.2 Å². The molecule has 0 radical (unpaired) electrons. The Morgan fingerprint density at radius 1 is 1.41 bits per heavy atom. The molecule has 1 aromatic carbocycles. The van der Waals surface area contributed by atoms with Crippen molar-refractivity contribution in [1.29, 1.82) is 0 Å². The number of likely N-dealkylation sites (N-methyl/N-ethyl adjacent to an activating group) is 1. The maximum atomic E-state index is 11.6. The van der Waals surface area contributed by atoms with E-state index in [4.69, 9.17) is 0 Å². The van der Waals surface area contributed by atoms with Gasteiger partial charge in [0.05, 0.1) is 11.0 Å². The van der Waals surface area contributed by atoms with Crippen LogP contribution in [0.1, 0.15) is 10.4 Å². The van der Waals surface area contributed by atoms with Crippen LogP contribution < -0.4 is 5.32 Å². The molecule has 0 aliphatic heterocycles. The third-order valence-corrected chi connectivity index (χ3v) is 2.78. The first-order chi connectivity index (χ1) is 7.91. The van der Waals surface area contributed by atoms with Crippen molar-refractivity contribution in [3.63, 3.8) is 0 Å². The SMILES string of the molecule is CN(C)C(=O)CNC(=O)c1ccc(Br)c(O)c1. The van der Waals surface area contributed by atoms with Gasteiger partial charge in [-0.05, 0) is 34.1 Å². The Bertz CT molecular complexity index is 446. The summed E-state index contributed by atoms with van der Waals surface area (Å²) >= 11 is 3.12. The summed E-state index contributed by atoms with van der Waals surface area (Å²) in [5.41, 5.74) is 0.303. The van der Waals surface area contributed by atoms with E-state index in [1.807, 2.05) is 0 Å². The van der Waals surface area contributed by atoms with Crippen LogP contribution in [0.25, 0.3) is 0 Å². The van der Waals surface area contributed by atoms with Crippen LogP contribution in [0.2, 0.25) is 0 Å². The quantitative estimate of drug-likeness (QED) is 0.874. The minimum atomic E-state index is -0.400. The molecule has 0 heterocycles. The van der Waals surface area contributed by atoms with Crippen LogP contribution in [0, 0.1) is 0 Å². The fraction of sp³-hybridized carbons (Fsp3) is 0.273. The smallest absolute Gasteiger partial charge is 0.251 e. The maximum absolute atomic E-state index is 11.6. The van der Waals surface area contributed by atoms with Crippen LogP contribution in [0.5, 0.6) is 5.75 Å². The molecule has 2 amide bonds. The van der Waals surface area contributed by atoms with Gasteiger partial charge in [0.2, 0.25) is 5.91 Å². The van der Waals surface area contributed by atoms with E-state index in [0.29, 0.717) is 10.0 Å². The van der Waals surface area contributed by atoms with Crippen LogP contribution in [-0.2, 0) is 4.79 Å². The molecule has 0 unspecified atom stereocenters. The molecule has 2 N–H and O–H groups in total. The average molecular weight is 301 g/mol. The monoisotopic (exact) mass is 300 g/mol. The molecule has 1 rings (SSSR count). The Labute approximate surface area is 108 Å². The molecular weight excluding hydrogens is 288 g/mol. The summed E-state index contributed by atoms with van der Waals surface area (Å²) in [6.45, 7) is -0.0668. The van der Waals surface area contributed by atoms with Gasteiger partial charge in [0, 0.05) is 19.7 Å². The second kappa shape index (κ2) is 5.67. The number of rotatable bonds is 3. The number of carbonyl (C=O) groups is 2. The predicted octanol–water partition coefficient (Wildman–Crippen LogP) is 0.973. The first-order valence-corrected chi connectivity index (χ1v) is 5.68. The fourth-order valence-electron chi connectivity index (χ4n) is 1.07. The number of aromatic hydroxyl groups is 1. The molecule has 0 fully saturated rings. The summed E-state index contributed by atoms with van der Waals surface area (Å²) in [5.74, 6) is -0.612. The number of nitrogens with zero attached hydrogens (tertiary/aromatic N) is 1. The van der Waals surface area contributed by atoms with E-state index < -0.39 is 5.91 Å². The van der Waals surface area contributed by atoms with E-state index in [1.165, 1.54) is 11.0 Å². The molecule has 0 aliphatic carbocycles. The van der Waals surface area contributed by atoms with Crippen molar-refractivity contribution in [2.45, 2.75) is 0 Å². The molecule has 0 bridgehead atoms. The number of phenolic OH excluding ortho intramolecular Hbond substituents is 1. The van der Waals surface area contributed by atoms with E-state index in [0.717, 1.165) is 0 Å². The number of amides is 2. The standard InChI is InChI=1S/C11H13BrN2O3/c1-14(2)10(16)6-13-11(17)7-3-4-8(12)9(15)5-7/h3-5,15H,6H2,1-2H3,(H,13,17). The van der Waals surface area contributed by atoms with E-state index >= 15 is 0 Å². The summed E-state index contributed by atoms with van der Waals surface area (Å²) in [6.07, 6.45) is 0. The van der Waals surface area contributed by atoms with Gasteiger partial charge in [0.1, 0.15) is 5.75 Å². The van der Waals surface area contributed by atoms with Crippen molar-refractivity contribution < 1.29 is 14.7 Å². The molecule has 0 aromatic heterocycles. The molecule has 5 nitrogen and oxygen atoms in total. The highest BCUT2D eigenvalue weighted by Crippen LogP contribution is 2.24. The number of benzene rings is 1. The Balaban J connectivity index is 2.64. The van der Waals surface area contributed by atoms with Crippen molar-refractivity contribution in [3.05, 3.63) is 28.2 Å². The van der Waals surface area contributed by atoms with E-state index in [2.05, 4.69) is 21.2 Å². The van der Waals surface area contributed by atoms with Crippen molar-refractivity contribution in [2.75, 3.05) is 20.6 Å². The molecule has 0 atom stereocenters. The number of carbonyl (C=O) groups excluding carboxylic acids is 2. The normalized spacial score (nSPS) is 9.82. The Kier molecular flexibility index (Phi) is 4.51. The zero-order chi connectivity index (χ0) is 13.0. The highest BCUT2D eigenvalue weighted by molar-refractivity contribution is 9.10. The van der Waals surface area contributed by atoms with Crippen LogP contribution in [0.4, 0.5) is 0 Å². The Hall–Kier alpha value is -1.56. The van der Waals surface area contributed by atoms with Crippen LogP contribution in [0.15, 0.2) is 22.7 Å². The molecule has 6 heteroatoms. The number of hydrogen-bond acceptors (Lipinski definition) is 3. The van der Waals surface area contributed by atoms with Gasteiger partial charge in [-0.1, -0.05) is 0 Å². The van der Waals surface area contributed by atoms with Crippen molar-refractivity contribution >= 4 is 27.7 Å². The maximum Gasteiger partial charge on any atom is 0.251 e. The largest absolute Gasteiger partial charge is 0.507 e. The first-order valence-electron chi connectivity index (χ1n) is 4.88. The van der Waals surface area contributed by atoms with E-state index in [-0.39, 0.29) is 18.2 Å². The summed E-state index contributed by atoms with van der Waals surface area (Å²) in [7, 11) is 3.22. The molecule has 0 saturated carbocycles. The lowest BCUT2D eigenvalue weighted by Crippen LogP contribution is -2.36. The van der Waals surface area contributed by atoms with Crippen molar-refractivity contribution in [1.82, 2.24) is 10.2 Å².